The standard InChI is InChI=1S/C20H19NO7/c1-10-6-16(22)18(20(25)28-10)13(9-17(23)27-3)14-7-11-4-5-12(26-2)8-15(11)21-19(14)24/h4-8,13,22H,9H2,1-3H3,(H,21,24)/t13-/m0/s1. The monoisotopic (exact) mass is 385 g/mol. The number of esters is 1. The zero-order valence-corrected chi connectivity index (χ0v) is 15.6. The van der Waals surface area contributed by atoms with Crippen molar-refractivity contribution in [3.8, 4) is 11.5 Å². The molecule has 0 aliphatic heterocycles. The Hall–Kier alpha value is -3.55. The second-order valence-electron chi connectivity index (χ2n) is 6.28. The van der Waals surface area contributed by atoms with Gasteiger partial charge in [-0.1, -0.05) is 0 Å². The topological polar surface area (TPSA) is 119 Å². The molecule has 0 saturated carbocycles. The van der Waals surface area contributed by atoms with Gasteiger partial charge in [0.15, 0.2) is 0 Å². The van der Waals surface area contributed by atoms with Gasteiger partial charge >= 0.3 is 11.6 Å². The van der Waals surface area contributed by atoms with Gasteiger partial charge < -0.3 is 24.0 Å². The molecule has 0 unspecified atom stereocenters. The van der Waals surface area contributed by atoms with Crippen LogP contribution in [0, 0.1) is 6.92 Å². The molecule has 0 aliphatic carbocycles. The summed E-state index contributed by atoms with van der Waals surface area (Å²) in [6, 6.07) is 7.95. The summed E-state index contributed by atoms with van der Waals surface area (Å²) in [5, 5.41) is 11.0. The minimum atomic E-state index is -1.04. The normalized spacial score (nSPS) is 12.0. The molecule has 0 spiro atoms. The van der Waals surface area contributed by atoms with Crippen molar-refractivity contribution in [3.63, 3.8) is 0 Å². The molecule has 0 bridgehead atoms. The van der Waals surface area contributed by atoms with Crippen LogP contribution in [0.15, 0.2) is 44.3 Å². The van der Waals surface area contributed by atoms with Crippen LogP contribution in [0.2, 0.25) is 0 Å². The molecule has 0 saturated heterocycles. The summed E-state index contributed by atoms with van der Waals surface area (Å²) >= 11 is 0. The Balaban J connectivity index is 2.24. The number of methoxy groups -OCH3 is 2. The average molecular weight is 385 g/mol. The van der Waals surface area contributed by atoms with Crippen molar-refractivity contribution in [1.29, 1.82) is 0 Å². The zero-order chi connectivity index (χ0) is 20.4. The summed E-state index contributed by atoms with van der Waals surface area (Å²) in [5.74, 6) is -1.25. The largest absolute Gasteiger partial charge is 0.507 e. The molecule has 8 heteroatoms. The van der Waals surface area contributed by atoms with Gasteiger partial charge in [-0.3, -0.25) is 9.59 Å². The lowest BCUT2D eigenvalue weighted by Gasteiger charge is -2.17. The molecule has 3 aromatic rings. The number of aromatic hydroxyl groups is 1. The summed E-state index contributed by atoms with van der Waals surface area (Å²) in [6.07, 6.45) is -0.317. The number of nitrogens with one attached hydrogen (secondary N) is 1. The van der Waals surface area contributed by atoms with Gasteiger partial charge in [0.25, 0.3) is 5.56 Å². The van der Waals surface area contributed by atoms with Crippen LogP contribution in [0.1, 0.15) is 29.2 Å². The van der Waals surface area contributed by atoms with E-state index in [0.29, 0.717) is 16.7 Å². The van der Waals surface area contributed by atoms with Crippen LogP contribution in [0.4, 0.5) is 0 Å². The third kappa shape index (κ3) is 3.62. The predicted octanol–water partition coefficient (Wildman–Crippen LogP) is 2.20. The first-order valence-corrected chi connectivity index (χ1v) is 8.45. The third-order valence-corrected chi connectivity index (χ3v) is 4.49. The number of carbonyl (C=O) groups excluding carboxylic acids is 1. The quantitative estimate of drug-likeness (QED) is 0.646. The number of aromatic nitrogens is 1. The molecule has 0 radical (unpaired) electrons. The summed E-state index contributed by atoms with van der Waals surface area (Å²) < 4.78 is 14.9. The Morgan fingerprint density at radius 3 is 2.61 bits per heavy atom. The smallest absolute Gasteiger partial charge is 0.343 e. The number of ether oxygens (including phenoxy) is 2. The van der Waals surface area contributed by atoms with Crippen molar-refractivity contribution in [1.82, 2.24) is 4.98 Å². The first-order chi connectivity index (χ1) is 13.3. The van der Waals surface area contributed by atoms with Crippen LogP contribution >= 0.6 is 0 Å². The molecule has 3 rings (SSSR count). The number of benzene rings is 1. The van der Waals surface area contributed by atoms with Gasteiger partial charge in [-0.05, 0) is 30.5 Å². The molecule has 2 heterocycles. The van der Waals surface area contributed by atoms with Crippen molar-refractivity contribution in [3.05, 3.63) is 68.0 Å². The molecule has 146 valence electrons. The summed E-state index contributed by atoms with van der Waals surface area (Å²) in [5.41, 5.74) is -0.830. The Morgan fingerprint density at radius 2 is 1.96 bits per heavy atom. The first-order valence-electron chi connectivity index (χ1n) is 8.45. The Kier molecular flexibility index (Phi) is 5.21. The highest BCUT2D eigenvalue weighted by molar-refractivity contribution is 5.81. The van der Waals surface area contributed by atoms with Gasteiger partial charge in [-0.2, -0.15) is 0 Å². The molecule has 1 atom stereocenters. The Labute approximate surface area is 159 Å². The van der Waals surface area contributed by atoms with Crippen LogP contribution in [0.3, 0.4) is 0 Å². The highest BCUT2D eigenvalue weighted by atomic mass is 16.5. The Morgan fingerprint density at radius 1 is 1.21 bits per heavy atom. The number of pyridine rings is 1. The maximum absolute atomic E-state index is 12.7. The summed E-state index contributed by atoms with van der Waals surface area (Å²) in [7, 11) is 2.72. The van der Waals surface area contributed by atoms with Gasteiger partial charge in [-0.15, -0.1) is 0 Å². The van der Waals surface area contributed by atoms with Crippen LogP contribution < -0.4 is 15.9 Å². The lowest BCUT2D eigenvalue weighted by molar-refractivity contribution is -0.140. The van der Waals surface area contributed by atoms with Gasteiger partial charge in [0.2, 0.25) is 0 Å². The molecular weight excluding hydrogens is 366 g/mol. The van der Waals surface area contributed by atoms with E-state index in [1.165, 1.54) is 27.2 Å². The second kappa shape index (κ2) is 7.59. The van der Waals surface area contributed by atoms with Crippen LogP contribution in [-0.4, -0.2) is 30.3 Å². The van der Waals surface area contributed by atoms with Crippen molar-refractivity contribution in [2.24, 2.45) is 0 Å². The number of rotatable bonds is 5. The second-order valence-corrected chi connectivity index (χ2v) is 6.28. The number of hydrogen-bond acceptors (Lipinski definition) is 7. The van der Waals surface area contributed by atoms with E-state index >= 15 is 0 Å². The van der Waals surface area contributed by atoms with E-state index in [1.807, 2.05) is 0 Å². The number of hydrogen-bond donors (Lipinski definition) is 2. The molecule has 1 aromatic carbocycles. The lowest BCUT2D eigenvalue weighted by Crippen LogP contribution is -2.24. The van der Waals surface area contributed by atoms with Gasteiger partial charge in [-0.25, -0.2) is 4.79 Å². The third-order valence-electron chi connectivity index (χ3n) is 4.49. The van der Waals surface area contributed by atoms with Crippen molar-refractivity contribution in [2.75, 3.05) is 14.2 Å². The van der Waals surface area contributed by atoms with Crippen molar-refractivity contribution < 1.29 is 23.8 Å². The highest BCUT2D eigenvalue weighted by Crippen LogP contribution is 2.32. The van der Waals surface area contributed by atoms with Crippen LogP contribution in [0.5, 0.6) is 11.5 Å². The summed E-state index contributed by atoms with van der Waals surface area (Å²) in [6.45, 7) is 1.51. The molecule has 8 nitrogen and oxygen atoms in total. The molecule has 2 N–H and O–H groups in total. The number of aromatic amines is 1. The minimum Gasteiger partial charge on any atom is -0.507 e. The van der Waals surface area contributed by atoms with Crippen LogP contribution in [-0.2, 0) is 9.53 Å². The van der Waals surface area contributed by atoms with E-state index in [2.05, 4.69) is 4.98 Å². The fraction of sp³-hybridized carbons (Fsp3) is 0.250. The summed E-state index contributed by atoms with van der Waals surface area (Å²) in [4.78, 5) is 39.8. The van der Waals surface area contributed by atoms with Gasteiger partial charge in [0.1, 0.15) is 17.3 Å². The fourth-order valence-electron chi connectivity index (χ4n) is 3.13. The molecule has 0 amide bonds. The number of carbonyl (C=O) groups is 1. The van der Waals surface area contributed by atoms with E-state index in [-0.39, 0.29) is 29.1 Å². The van der Waals surface area contributed by atoms with E-state index in [1.54, 1.807) is 24.3 Å². The van der Waals surface area contributed by atoms with E-state index in [4.69, 9.17) is 13.9 Å². The van der Waals surface area contributed by atoms with Crippen LogP contribution in [0.25, 0.3) is 10.9 Å². The van der Waals surface area contributed by atoms with E-state index < -0.39 is 23.1 Å². The predicted molar refractivity (Wildman–Crippen MR) is 101 cm³/mol. The maximum Gasteiger partial charge on any atom is 0.343 e. The van der Waals surface area contributed by atoms with Gasteiger partial charge in [0, 0.05) is 23.6 Å². The lowest BCUT2D eigenvalue weighted by atomic mass is 9.89. The molecular formula is C20H19NO7. The molecule has 0 fully saturated rings. The molecule has 28 heavy (non-hydrogen) atoms. The van der Waals surface area contributed by atoms with Crippen molar-refractivity contribution >= 4 is 16.9 Å². The molecule has 2 aromatic heterocycles. The Bertz CT molecular complexity index is 1160. The number of aryl methyl sites for hydroxylation is 1. The van der Waals surface area contributed by atoms with Gasteiger partial charge in [0.05, 0.1) is 31.7 Å². The van der Waals surface area contributed by atoms with Crippen molar-refractivity contribution in [2.45, 2.75) is 19.3 Å². The molecule has 0 aliphatic rings. The highest BCUT2D eigenvalue weighted by Gasteiger charge is 2.28. The number of fused-ring (bicyclic) bond motifs is 1. The maximum atomic E-state index is 12.7. The fourth-order valence-corrected chi connectivity index (χ4v) is 3.13. The van der Waals surface area contributed by atoms with E-state index in [9.17, 15) is 19.5 Å². The van der Waals surface area contributed by atoms with E-state index in [0.717, 1.165) is 0 Å². The zero-order valence-electron chi connectivity index (χ0n) is 15.6. The first kappa shape index (κ1) is 19.2. The minimum absolute atomic E-state index is 0.134. The average Bonchev–Trinajstić information content (AvgIpc) is 2.65. The SMILES string of the molecule is COC(=O)C[C@@H](c1cc2ccc(OC)cc2[nH]c1=O)c1c(O)cc(C)oc1=O. The number of H-pyrrole nitrogens is 1.